The first-order chi connectivity index (χ1) is 30.5. The Balaban J connectivity index is 0.809. The number of aromatic amines is 1. The van der Waals surface area contributed by atoms with Crippen molar-refractivity contribution in [2.75, 3.05) is 48.8 Å². The minimum absolute atomic E-state index is 0.0305. The summed E-state index contributed by atoms with van der Waals surface area (Å²) in [7, 11) is 1.75. The molecule has 1 aliphatic heterocycles. The van der Waals surface area contributed by atoms with Gasteiger partial charge in [-0.15, -0.1) is 0 Å². The molecule has 0 saturated carbocycles. The van der Waals surface area contributed by atoms with E-state index in [1.54, 1.807) is 24.1 Å². The molecule has 6 aromatic rings. The van der Waals surface area contributed by atoms with Crippen molar-refractivity contribution in [2.24, 2.45) is 0 Å². The van der Waals surface area contributed by atoms with E-state index in [1.807, 2.05) is 97.1 Å². The lowest BCUT2D eigenvalue weighted by Crippen LogP contribution is -2.40. The number of nitrogens with zero attached hydrogens (tertiary/aromatic N) is 2. The van der Waals surface area contributed by atoms with Crippen LogP contribution in [0.2, 0.25) is 0 Å². The number of carbonyl (C=O) groups is 3. The number of para-hydroxylation sites is 1. The van der Waals surface area contributed by atoms with Crippen molar-refractivity contribution >= 4 is 45.9 Å². The molecule has 2 heterocycles. The number of likely N-dealkylation sites (tertiary alicyclic amines) is 1. The Bertz CT molecular complexity index is 2570. The molecule has 7 rings (SSSR count). The lowest BCUT2D eigenvalue weighted by atomic mass is 9.95. The van der Waals surface area contributed by atoms with Crippen LogP contribution < -0.4 is 26.4 Å². The Morgan fingerprint density at radius 2 is 1.57 bits per heavy atom. The molecular formula is C51H56N6O6. The van der Waals surface area contributed by atoms with Crippen LogP contribution in [0.3, 0.4) is 0 Å². The van der Waals surface area contributed by atoms with Gasteiger partial charge in [0.15, 0.2) is 0 Å². The van der Waals surface area contributed by atoms with Crippen LogP contribution >= 0.6 is 0 Å². The third kappa shape index (κ3) is 12.0. The van der Waals surface area contributed by atoms with Crippen molar-refractivity contribution in [3.8, 4) is 16.9 Å². The van der Waals surface area contributed by atoms with Gasteiger partial charge in [0.25, 0.3) is 0 Å². The fourth-order valence-electron chi connectivity index (χ4n) is 8.15. The van der Waals surface area contributed by atoms with Gasteiger partial charge in [-0.1, -0.05) is 91.9 Å². The van der Waals surface area contributed by atoms with Crippen LogP contribution in [-0.4, -0.2) is 78.3 Å². The molecule has 63 heavy (non-hydrogen) atoms. The van der Waals surface area contributed by atoms with E-state index in [-0.39, 0.29) is 47.6 Å². The van der Waals surface area contributed by atoms with Gasteiger partial charge in [-0.25, -0.2) is 4.79 Å². The van der Waals surface area contributed by atoms with Gasteiger partial charge in [0.05, 0.1) is 17.6 Å². The second-order valence-corrected chi connectivity index (χ2v) is 16.5. The van der Waals surface area contributed by atoms with Crippen LogP contribution in [0.1, 0.15) is 55.7 Å². The number of rotatable bonds is 16. The Hall–Kier alpha value is -6.76. The number of amides is 3. The zero-order valence-corrected chi connectivity index (χ0v) is 36.1. The van der Waals surface area contributed by atoms with Crippen molar-refractivity contribution < 1.29 is 24.2 Å². The number of aromatic nitrogens is 1. The Kier molecular flexibility index (Phi) is 14.7. The highest BCUT2D eigenvalue weighted by Crippen LogP contribution is 2.30. The Labute approximate surface area is 368 Å². The molecule has 12 nitrogen and oxygen atoms in total. The number of H-pyrrole nitrogens is 1. The van der Waals surface area contributed by atoms with Gasteiger partial charge in [0.2, 0.25) is 17.4 Å². The van der Waals surface area contributed by atoms with E-state index in [0.29, 0.717) is 48.4 Å². The highest BCUT2D eigenvalue weighted by atomic mass is 16.6. The van der Waals surface area contributed by atoms with Gasteiger partial charge in [-0.05, 0) is 90.8 Å². The molecular weight excluding hydrogens is 793 g/mol. The third-order valence-corrected chi connectivity index (χ3v) is 11.7. The molecule has 326 valence electrons. The van der Waals surface area contributed by atoms with Gasteiger partial charge in [0, 0.05) is 74.1 Å². The number of ether oxygens (including phenoxy) is 1. The molecule has 1 saturated heterocycles. The monoisotopic (exact) mass is 848 g/mol. The van der Waals surface area contributed by atoms with Crippen molar-refractivity contribution in [3.05, 3.63) is 154 Å². The van der Waals surface area contributed by atoms with Crippen LogP contribution in [0.25, 0.3) is 22.0 Å². The molecule has 1 aliphatic rings. The average molecular weight is 849 g/mol. The number of benzene rings is 5. The standard InChI is InChI=1S/C51H56N6O6/c1-34(42-20-22-46(58)50-44(42)21-23-47(59)55-50)33-52-35(2)30-36-16-18-37(19-17-36)31-48(60)53-39-12-9-13-40(32-39)56(3)49(61)26-29-57-27-24-41(25-28-57)63-51(62)54-45-15-8-7-14-43(45)38-10-5-4-6-11-38/h4-23,32,34-35,41,52,58H,24-31,33H2,1-3H3,(H,53,60)(H,54,62)(H,55,59)/t34-,35?/m0/s1. The predicted molar refractivity (Wildman–Crippen MR) is 251 cm³/mol. The molecule has 5 aromatic carbocycles. The van der Waals surface area contributed by atoms with Crippen molar-refractivity contribution in [2.45, 2.75) is 64.0 Å². The van der Waals surface area contributed by atoms with Crippen LogP contribution in [-0.2, 0) is 27.2 Å². The highest BCUT2D eigenvalue weighted by Gasteiger charge is 2.24. The van der Waals surface area contributed by atoms with Gasteiger partial charge in [-0.2, -0.15) is 0 Å². The summed E-state index contributed by atoms with van der Waals surface area (Å²) < 4.78 is 5.79. The molecule has 0 bridgehead atoms. The van der Waals surface area contributed by atoms with Gasteiger partial charge < -0.3 is 35.3 Å². The Morgan fingerprint density at radius 1 is 0.841 bits per heavy atom. The number of phenolic OH excluding ortho intramolecular Hbond substituents is 1. The van der Waals surface area contributed by atoms with Gasteiger partial charge in [0.1, 0.15) is 11.9 Å². The zero-order chi connectivity index (χ0) is 44.3. The Morgan fingerprint density at radius 3 is 2.35 bits per heavy atom. The highest BCUT2D eigenvalue weighted by molar-refractivity contribution is 5.96. The number of piperidine rings is 1. The number of hydrogen-bond acceptors (Lipinski definition) is 8. The summed E-state index contributed by atoms with van der Waals surface area (Å²) in [6.07, 6.45) is 2.06. The van der Waals surface area contributed by atoms with Crippen LogP contribution in [0, 0.1) is 0 Å². The molecule has 1 unspecified atom stereocenters. The van der Waals surface area contributed by atoms with E-state index in [0.717, 1.165) is 59.3 Å². The lowest BCUT2D eigenvalue weighted by molar-refractivity contribution is -0.118. The van der Waals surface area contributed by atoms with Gasteiger partial charge >= 0.3 is 6.09 Å². The van der Waals surface area contributed by atoms with Crippen LogP contribution in [0.15, 0.2) is 132 Å². The van der Waals surface area contributed by atoms with E-state index < -0.39 is 6.09 Å². The fraction of sp³-hybridized carbons (Fsp3) is 0.294. The number of phenols is 1. The molecule has 1 fully saturated rings. The predicted octanol–water partition coefficient (Wildman–Crippen LogP) is 8.47. The SMILES string of the molecule is CC(Cc1ccc(CC(=O)Nc2cccc(N(C)C(=O)CCN3CCC(OC(=O)Nc4ccccc4-c4ccccc4)CC3)c2)cc1)NC[C@H](C)c1ccc(O)c2[nH]c(=O)ccc12. The number of aromatic hydroxyl groups is 1. The first-order valence-electron chi connectivity index (χ1n) is 21.7. The fourth-order valence-corrected chi connectivity index (χ4v) is 8.15. The zero-order valence-electron chi connectivity index (χ0n) is 36.1. The summed E-state index contributed by atoms with van der Waals surface area (Å²) >= 11 is 0. The summed E-state index contributed by atoms with van der Waals surface area (Å²) in [4.78, 5) is 57.6. The second-order valence-electron chi connectivity index (χ2n) is 16.5. The molecule has 0 radical (unpaired) electrons. The molecule has 2 atom stereocenters. The molecule has 0 aliphatic carbocycles. The molecule has 12 heteroatoms. The number of carbonyl (C=O) groups excluding carboxylic acids is 3. The third-order valence-electron chi connectivity index (χ3n) is 11.7. The number of nitrogens with one attached hydrogen (secondary N) is 4. The smallest absolute Gasteiger partial charge is 0.411 e. The van der Waals surface area contributed by atoms with Crippen molar-refractivity contribution in [1.29, 1.82) is 0 Å². The van der Waals surface area contributed by atoms with E-state index in [1.165, 1.54) is 6.07 Å². The number of anilines is 3. The van der Waals surface area contributed by atoms with Crippen LogP contribution in [0.5, 0.6) is 5.75 Å². The summed E-state index contributed by atoms with van der Waals surface area (Å²) in [5.41, 5.74) is 7.26. The summed E-state index contributed by atoms with van der Waals surface area (Å²) in [5, 5.41) is 20.6. The van der Waals surface area contributed by atoms with Crippen LogP contribution in [0.4, 0.5) is 21.9 Å². The van der Waals surface area contributed by atoms with E-state index >= 15 is 0 Å². The minimum atomic E-state index is -0.469. The maximum Gasteiger partial charge on any atom is 0.411 e. The number of pyridine rings is 1. The average Bonchev–Trinajstić information content (AvgIpc) is 3.29. The van der Waals surface area contributed by atoms with Crippen molar-refractivity contribution in [3.63, 3.8) is 0 Å². The van der Waals surface area contributed by atoms with E-state index in [2.05, 4.69) is 51.8 Å². The second kappa shape index (κ2) is 20.9. The molecule has 5 N–H and O–H groups in total. The van der Waals surface area contributed by atoms with Gasteiger partial charge in [-0.3, -0.25) is 19.7 Å². The van der Waals surface area contributed by atoms with E-state index in [9.17, 15) is 24.3 Å². The summed E-state index contributed by atoms with van der Waals surface area (Å²) in [6, 6.07) is 39.9. The van der Waals surface area contributed by atoms with Crippen molar-refractivity contribution in [1.82, 2.24) is 15.2 Å². The molecule has 0 spiro atoms. The minimum Gasteiger partial charge on any atom is -0.506 e. The normalized spacial score (nSPS) is 14.1. The maximum atomic E-state index is 13.3. The van der Waals surface area contributed by atoms with E-state index in [4.69, 9.17) is 4.74 Å². The largest absolute Gasteiger partial charge is 0.506 e. The lowest BCUT2D eigenvalue weighted by Gasteiger charge is -2.31. The molecule has 3 amide bonds. The first kappa shape index (κ1) is 44.3. The summed E-state index contributed by atoms with van der Waals surface area (Å²) in [5.74, 6) is 0.0226. The number of hydrogen-bond donors (Lipinski definition) is 5. The maximum absolute atomic E-state index is 13.3. The number of fused-ring (bicyclic) bond motifs is 1. The molecule has 1 aromatic heterocycles. The summed E-state index contributed by atoms with van der Waals surface area (Å²) in [6.45, 7) is 7.02. The first-order valence-corrected chi connectivity index (χ1v) is 21.7. The quantitative estimate of drug-likeness (QED) is 0.0650. The topological polar surface area (TPSA) is 156 Å².